The molecule has 0 bridgehead atoms. The summed E-state index contributed by atoms with van der Waals surface area (Å²) < 4.78 is 0. The number of rotatable bonds is 3. The van der Waals surface area contributed by atoms with Crippen LogP contribution in [-0.4, -0.2) is 40.8 Å². The fourth-order valence-electron chi connectivity index (χ4n) is 3.19. The van der Waals surface area contributed by atoms with Crippen molar-refractivity contribution >= 4 is 17.6 Å². The van der Waals surface area contributed by atoms with E-state index in [1.165, 1.54) is 10.5 Å². The normalized spacial score (nSPS) is 27.5. The number of likely N-dealkylation sites (tertiary alicyclic amines) is 1. The van der Waals surface area contributed by atoms with Crippen molar-refractivity contribution in [2.45, 2.75) is 29.4 Å². The van der Waals surface area contributed by atoms with Crippen LogP contribution in [0.25, 0.3) is 0 Å². The number of fused-ring (bicyclic) bond motifs is 1. The molecule has 2 aliphatic heterocycles. The van der Waals surface area contributed by atoms with Crippen molar-refractivity contribution < 1.29 is 5.21 Å². The lowest BCUT2D eigenvalue weighted by molar-refractivity contribution is 0.201. The van der Waals surface area contributed by atoms with Gasteiger partial charge in [0.15, 0.2) is 0 Å². The molecule has 2 atom stereocenters. The maximum absolute atomic E-state index is 8.82. The van der Waals surface area contributed by atoms with Gasteiger partial charge in [-0.25, -0.2) is 0 Å². The van der Waals surface area contributed by atoms with Crippen molar-refractivity contribution in [1.82, 2.24) is 4.90 Å². The SMILES string of the molecule is NC(=NO)C1CCCN(CC2Cc3ccccc3S2)C1. The Bertz CT molecular complexity index is 481. The molecule has 2 aliphatic rings. The molecule has 108 valence electrons. The minimum atomic E-state index is 0.211. The second-order valence-electron chi connectivity index (χ2n) is 5.68. The molecular weight excluding hydrogens is 270 g/mol. The molecule has 0 amide bonds. The first kappa shape index (κ1) is 13.8. The van der Waals surface area contributed by atoms with Crippen molar-refractivity contribution in [3.63, 3.8) is 0 Å². The fraction of sp³-hybridized carbons (Fsp3) is 0.533. The van der Waals surface area contributed by atoms with Gasteiger partial charge in [0.1, 0.15) is 5.84 Å². The van der Waals surface area contributed by atoms with Gasteiger partial charge in [0, 0.05) is 29.2 Å². The zero-order valence-corrected chi connectivity index (χ0v) is 12.4. The molecule has 1 aromatic carbocycles. The van der Waals surface area contributed by atoms with Crippen LogP contribution in [0.15, 0.2) is 34.3 Å². The highest BCUT2D eigenvalue weighted by molar-refractivity contribution is 8.00. The predicted molar refractivity (Wildman–Crippen MR) is 82.4 cm³/mol. The van der Waals surface area contributed by atoms with E-state index in [2.05, 4.69) is 34.3 Å². The highest BCUT2D eigenvalue weighted by Gasteiger charge is 2.28. The maximum atomic E-state index is 8.82. The molecule has 1 saturated heterocycles. The highest BCUT2D eigenvalue weighted by atomic mass is 32.2. The monoisotopic (exact) mass is 291 g/mol. The van der Waals surface area contributed by atoms with E-state index < -0.39 is 0 Å². The van der Waals surface area contributed by atoms with Crippen LogP contribution < -0.4 is 5.73 Å². The Morgan fingerprint density at radius 2 is 2.30 bits per heavy atom. The average molecular weight is 291 g/mol. The summed E-state index contributed by atoms with van der Waals surface area (Å²) in [6.07, 6.45) is 3.32. The molecule has 2 heterocycles. The Hall–Kier alpha value is -1.20. The summed E-state index contributed by atoms with van der Waals surface area (Å²) in [5.74, 6) is 0.597. The van der Waals surface area contributed by atoms with Crippen LogP contribution in [-0.2, 0) is 6.42 Å². The fourth-order valence-corrected chi connectivity index (χ4v) is 4.56. The van der Waals surface area contributed by atoms with E-state index >= 15 is 0 Å². The minimum Gasteiger partial charge on any atom is -0.409 e. The Labute approximate surface area is 124 Å². The molecule has 4 nitrogen and oxygen atoms in total. The molecule has 3 N–H and O–H groups in total. The predicted octanol–water partition coefficient (Wildman–Crippen LogP) is 2.16. The van der Waals surface area contributed by atoms with Crippen LogP contribution >= 0.6 is 11.8 Å². The number of piperidine rings is 1. The summed E-state index contributed by atoms with van der Waals surface area (Å²) in [7, 11) is 0. The van der Waals surface area contributed by atoms with Gasteiger partial charge >= 0.3 is 0 Å². The quantitative estimate of drug-likeness (QED) is 0.388. The van der Waals surface area contributed by atoms with Gasteiger partial charge in [-0.15, -0.1) is 11.8 Å². The van der Waals surface area contributed by atoms with E-state index in [1.807, 2.05) is 11.8 Å². The first-order chi connectivity index (χ1) is 9.76. The van der Waals surface area contributed by atoms with Gasteiger partial charge in [-0.05, 0) is 37.4 Å². The van der Waals surface area contributed by atoms with Crippen molar-refractivity contribution in [1.29, 1.82) is 0 Å². The van der Waals surface area contributed by atoms with E-state index in [4.69, 9.17) is 10.9 Å². The topological polar surface area (TPSA) is 61.9 Å². The molecule has 0 aromatic heterocycles. The van der Waals surface area contributed by atoms with Gasteiger partial charge in [-0.2, -0.15) is 0 Å². The van der Waals surface area contributed by atoms with Crippen LogP contribution in [0.4, 0.5) is 0 Å². The Morgan fingerprint density at radius 3 is 3.10 bits per heavy atom. The molecule has 3 rings (SSSR count). The molecule has 2 unspecified atom stereocenters. The standard InChI is InChI=1S/C15H21N3OS/c16-15(17-19)12-5-3-7-18(9-12)10-13-8-11-4-1-2-6-14(11)20-13/h1-2,4,6,12-13,19H,3,5,7-10H2,(H2,16,17). The molecule has 0 saturated carbocycles. The molecular formula is C15H21N3OS. The number of amidine groups is 1. The second-order valence-corrected chi connectivity index (χ2v) is 7.02. The van der Waals surface area contributed by atoms with Crippen molar-refractivity contribution in [2.24, 2.45) is 16.8 Å². The molecule has 5 heteroatoms. The summed E-state index contributed by atoms with van der Waals surface area (Å²) in [5.41, 5.74) is 7.23. The first-order valence-corrected chi connectivity index (χ1v) is 8.08. The molecule has 0 aliphatic carbocycles. The van der Waals surface area contributed by atoms with Gasteiger partial charge < -0.3 is 15.8 Å². The van der Waals surface area contributed by atoms with Crippen LogP contribution in [0, 0.1) is 5.92 Å². The van der Waals surface area contributed by atoms with E-state index in [-0.39, 0.29) is 5.92 Å². The van der Waals surface area contributed by atoms with Crippen LogP contribution in [0.2, 0.25) is 0 Å². The number of thioether (sulfide) groups is 1. The van der Waals surface area contributed by atoms with E-state index in [9.17, 15) is 0 Å². The maximum Gasteiger partial charge on any atom is 0.143 e. The Morgan fingerprint density at radius 1 is 1.45 bits per heavy atom. The summed E-state index contributed by atoms with van der Waals surface area (Å²) in [6, 6.07) is 8.69. The minimum absolute atomic E-state index is 0.211. The van der Waals surface area contributed by atoms with E-state index in [0.29, 0.717) is 11.1 Å². The van der Waals surface area contributed by atoms with Crippen molar-refractivity contribution in [3.8, 4) is 0 Å². The Kier molecular flexibility index (Phi) is 4.17. The number of benzene rings is 1. The van der Waals surface area contributed by atoms with Crippen LogP contribution in [0.5, 0.6) is 0 Å². The summed E-state index contributed by atoms with van der Waals surface area (Å²) in [5, 5.41) is 12.6. The van der Waals surface area contributed by atoms with Crippen LogP contribution in [0.3, 0.4) is 0 Å². The van der Waals surface area contributed by atoms with Gasteiger partial charge in [-0.1, -0.05) is 23.4 Å². The molecule has 0 spiro atoms. The number of oxime groups is 1. The van der Waals surface area contributed by atoms with E-state index in [0.717, 1.165) is 38.9 Å². The largest absolute Gasteiger partial charge is 0.409 e. The average Bonchev–Trinajstić information content (AvgIpc) is 2.88. The number of nitrogens with zero attached hydrogens (tertiary/aromatic N) is 2. The van der Waals surface area contributed by atoms with Crippen molar-refractivity contribution in [2.75, 3.05) is 19.6 Å². The zero-order chi connectivity index (χ0) is 13.9. The first-order valence-electron chi connectivity index (χ1n) is 7.20. The molecule has 1 fully saturated rings. The van der Waals surface area contributed by atoms with Crippen molar-refractivity contribution in [3.05, 3.63) is 29.8 Å². The third-order valence-corrected chi connectivity index (χ3v) is 5.52. The molecule has 0 radical (unpaired) electrons. The lowest BCUT2D eigenvalue weighted by Crippen LogP contribution is -2.43. The molecule has 20 heavy (non-hydrogen) atoms. The third kappa shape index (κ3) is 2.94. The number of nitrogens with two attached hydrogens (primary N) is 1. The lowest BCUT2D eigenvalue weighted by Gasteiger charge is -2.33. The third-order valence-electron chi connectivity index (χ3n) is 4.21. The number of hydrogen-bond acceptors (Lipinski definition) is 4. The molecule has 1 aromatic rings. The van der Waals surface area contributed by atoms with Gasteiger partial charge in [0.05, 0.1) is 0 Å². The summed E-state index contributed by atoms with van der Waals surface area (Å²) in [4.78, 5) is 3.90. The second kappa shape index (κ2) is 6.06. The summed E-state index contributed by atoms with van der Waals surface area (Å²) in [6.45, 7) is 3.14. The lowest BCUT2D eigenvalue weighted by atomic mass is 9.96. The van der Waals surface area contributed by atoms with Gasteiger partial charge in [-0.3, -0.25) is 0 Å². The smallest absolute Gasteiger partial charge is 0.143 e. The number of hydrogen-bond donors (Lipinski definition) is 2. The zero-order valence-electron chi connectivity index (χ0n) is 11.5. The summed E-state index contributed by atoms with van der Waals surface area (Å²) >= 11 is 1.99. The van der Waals surface area contributed by atoms with Crippen LogP contribution in [0.1, 0.15) is 18.4 Å². The van der Waals surface area contributed by atoms with Gasteiger partial charge in [0.2, 0.25) is 0 Å². The van der Waals surface area contributed by atoms with E-state index in [1.54, 1.807) is 0 Å². The Balaban J connectivity index is 1.57. The highest BCUT2D eigenvalue weighted by Crippen LogP contribution is 2.37. The van der Waals surface area contributed by atoms with Gasteiger partial charge in [0.25, 0.3) is 0 Å².